The number of aliphatic hydroxyl groups excluding tert-OH is 8. The standard InChI is InChI=1S/C12H22O11.C4H10/c13-1-3-5(15)6(16)9(19)12(22-3)23-10-4(2-14)21-11(20)8(18)7(10)17;1-3-4-2/h3-20H,1-2H2;3-4H2,1-2H3/t3-,4-,5+,6+,7-,8-,9-,10-,11-,12+;/m1./s1. The number of aliphatic hydroxyl groups is 8. The summed E-state index contributed by atoms with van der Waals surface area (Å²) in [7, 11) is 0. The van der Waals surface area contributed by atoms with Gasteiger partial charge in [0.15, 0.2) is 12.6 Å². The maximum Gasteiger partial charge on any atom is 0.187 e. The lowest BCUT2D eigenvalue weighted by Gasteiger charge is -2.45. The predicted molar refractivity (Wildman–Crippen MR) is 89.2 cm³/mol. The Bertz CT molecular complexity index is 406. The summed E-state index contributed by atoms with van der Waals surface area (Å²) in [5.74, 6) is 0. The minimum absolute atomic E-state index is 0.667. The summed E-state index contributed by atoms with van der Waals surface area (Å²) < 4.78 is 15.3. The van der Waals surface area contributed by atoms with Gasteiger partial charge in [-0.15, -0.1) is 0 Å². The molecule has 10 atom stereocenters. The molecule has 0 aromatic rings. The Hall–Kier alpha value is -0.440. The molecule has 2 heterocycles. The summed E-state index contributed by atoms with van der Waals surface area (Å²) in [6.45, 7) is 3.02. The van der Waals surface area contributed by atoms with E-state index in [1.54, 1.807) is 0 Å². The average molecular weight is 400 g/mol. The van der Waals surface area contributed by atoms with Crippen LogP contribution in [0.25, 0.3) is 0 Å². The van der Waals surface area contributed by atoms with Crippen molar-refractivity contribution in [2.45, 2.75) is 88.1 Å². The van der Waals surface area contributed by atoms with Gasteiger partial charge >= 0.3 is 0 Å². The second kappa shape index (κ2) is 11.5. The van der Waals surface area contributed by atoms with Crippen molar-refractivity contribution >= 4 is 0 Å². The van der Waals surface area contributed by atoms with Gasteiger partial charge in [-0.3, -0.25) is 0 Å². The molecule has 162 valence electrons. The third-order valence-electron chi connectivity index (χ3n) is 4.48. The topological polar surface area (TPSA) is 190 Å². The maximum atomic E-state index is 9.94. The lowest BCUT2D eigenvalue weighted by Crippen LogP contribution is -2.64. The molecule has 0 aliphatic carbocycles. The Morgan fingerprint density at radius 2 is 1.22 bits per heavy atom. The van der Waals surface area contributed by atoms with Crippen LogP contribution in [0.3, 0.4) is 0 Å². The second-order valence-corrected chi connectivity index (χ2v) is 6.53. The molecule has 11 nitrogen and oxygen atoms in total. The van der Waals surface area contributed by atoms with Crippen LogP contribution in [0.15, 0.2) is 0 Å². The van der Waals surface area contributed by atoms with E-state index in [1.165, 1.54) is 12.8 Å². The average Bonchev–Trinajstić information content (AvgIpc) is 2.68. The van der Waals surface area contributed by atoms with Crippen LogP contribution < -0.4 is 0 Å². The molecule has 2 aliphatic heterocycles. The summed E-state index contributed by atoms with van der Waals surface area (Å²) in [6.07, 6.45) is -12.9. The largest absolute Gasteiger partial charge is 0.394 e. The number of unbranched alkanes of at least 4 members (excludes halogenated alkanes) is 1. The maximum absolute atomic E-state index is 9.94. The number of rotatable bonds is 5. The fourth-order valence-electron chi connectivity index (χ4n) is 2.57. The van der Waals surface area contributed by atoms with E-state index in [-0.39, 0.29) is 0 Å². The molecule has 11 heteroatoms. The predicted octanol–water partition coefficient (Wildman–Crippen LogP) is -3.59. The second-order valence-electron chi connectivity index (χ2n) is 6.53. The highest BCUT2D eigenvalue weighted by atomic mass is 16.7. The normalized spacial score (nSPS) is 45.1. The molecule has 2 saturated heterocycles. The van der Waals surface area contributed by atoms with Crippen LogP contribution in [-0.2, 0) is 14.2 Å². The zero-order chi connectivity index (χ0) is 20.7. The van der Waals surface area contributed by atoms with Gasteiger partial charge < -0.3 is 55.1 Å². The van der Waals surface area contributed by atoms with Crippen molar-refractivity contribution in [1.82, 2.24) is 0 Å². The van der Waals surface area contributed by atoms with E-state index in [0.29, 0.717) is 0 Å². The summed E-state index contributed by atoms with van der Waals surface area (Å²) in [6, 6.07) is 0. The summed E-state index contributed by atoms with van der Waals surface area (Å²) in [5, 5.41) is 76.5. The van der Waals surface area contributed by atoms with E-state index in [1.807, 2.05) is 0 Å². The van der Waals surface area contributed by atoms with Crippen molar-refractivity contribution in [1.29, 1.82) is 0 Å². The zero-order valence-electron chi connectivity index (χ0n) is 15.4. The summed E-state index contributed by atoms with van der Waals surface area (Å²) in [4.78, 5) is 0. The van der Waals surface area contributed by atoms with Crippen molar-refractivity contribution in [3.8, 4) is 0 Å². The Kier molecular flexibility index (Phi) is 10.5. The van der Waals surface area contributed by atoms with Gasteiger partial charge in [-0.1, -0.05) is 26.7 Å². The van der Waals surface area contributed by atoms with Gasteiger partial charge in [-0.2, -0.15) is 0 Å². The molecule has 27 heavy (non-hydrogen) atoms. The number of hydrogen-bond acceptors (Lipinski definition) is 11. The molecule has 0 radical (unpaired) electrons. The summed E-state index contributed by atoms with van der Waals surface area (Å²) >= 11 is 0. The van der Waals surface area contributed by atoms with E-state index >= 15 is 0 Å². The molecule has 2 fully saturated rings. The van der Waals surface area contributed by atoms with Crippen LogP contribution in [0.4, 0.5) is 0 Å². The Morgan fingerprint density at radius 3 is 1.70 bits per heavy atom. The van der Waals surface area contributed by atoms with E-state index in [0.717, 1.165) is 0 Å². The van der Waals surface area contributed by atoms with Gasteiger partial charge in [-0.25, -0.2) is 0 Å². The molecular weight excluding hydrogens is 368 g/mol. The third kappa shape index (κ3) is 6.02. The van der Waals surface area contributed by atoms with Gasteiger partial charge in [0.25, 0.3) is 0 Å². The first-order valence-corrected chi connectivity index (χ1v) is 8.99. The molecule has 0 saturated carbocycles. The van der Waals surface area contributed by atoms with Crippen molar-refractivity contribution in [3.05, 3.63) is 0 Å². The molecular formula is C16H32O11. The number of ether oxygens (including phenoxy) is 3. The van der Waals surface area contributed by atoms with Crippen LogP contribution in [-0.4, -0.2) is 115 Å². The molecule has 0 amide bonds. The minimum atomic E-state index is -1.74. The van der Waals surface area contributed by atoms with E-state index in [4.69, 9.17) is 19.3 Å². The number of hydrogen-bond donors (Lipinski definition) is 8. The van der Waals surface area contributed by atoms with Gasteiger partial charge in [0.05, 0.1) is 13.2 Å². The minimum Gasteiger partial charge on any atom is -0.394 e. The van der Waals surface area contributed by atoms with E-state index < -0.39 is 74.6 Å². The fraction of sp³-hybridized carbons (Fsp3) is 1.00. The van der Waals surface area contributed by atoms with Crippen molar-refractivity contribution in [2.75, 3.05) is 13.2 Å². The molecule has 2 rings (SSSR count). The first-order chi connectivity index (χ1) is 12.7. The summed E-state index contributed by atoms with van der Waals surface area (Å²) in [5.41, 5.74) is 0. The fourth-order valence-corrected chi connectivity index (χ4v) is 2.57. The molecule has 0 bridgehead atoms. The first kappa shape index (κ1) is 24.6. The van der Waals surface area contributed by atoms with Gasteiger partial charge in [-0.05, 0) is 0 Å². The SMILES string of the molecule is CCCC.OC[C@H]1O[C@@H](O[C@H]2[C@H](O)[C@@H](O)[C@H](O)O[C@@H]2CO)[C@H](O)[C@@H](O)[C@H]1O. The first-order valence-electron chi connectivity index (χ1n) is 8.99. The molecule has 8 N–H and O–H groups in total. The Morgan fingerprint density at radius 1 is 0.667 bits per heavy atom. The molecule has 0 unspecified atom stereocenters. The highest BCUT2D eigenvalue weighted by Gasteiger charge is 2.50. The van der Waals surface area contributed by atoms with Crippen molar-refractivity contribution in [2.24, 2.45) is 0 Å². The highest BCUT2D eigenvalue weighted by Crippen LogP contribution is 2.28. The monoisotopic (exact) mass is 400 g/mol. The van der Waals surface area contributed by atoms with Crippen molar-refractivity contribution < 1.29 is 55.1 Å². The van der Waals surface area contributed by atoms with Crippen molar-refractivity contribution in [3.63, 3.8) is 0 Å². The van der Waals surface area contributed by atoms with Crippen LogP contribution in [0.2, 0.25) is 0 Å². The van der Waals surface area contributed by atoms with Crippen LogP contribution >= 0.6 is 0 Å². The van der Waals surface area contributed by atoms with Crippen LogP contribution in [0.1, 0.15) is 26.7 Å². The Labute approximate surface area is 157 Å². The van der Waals surface area contributed by atoms with Gasteiger partial charge in [0.1, 0.15) is 48.8 Å². The smallest absolute Gasteiger partial charge is 0.187 e. The Balaban J connectivity index is 0.000000828. The molecule has 0 spiro atoms. The van der Waals surface area contributed by atoms with Gasteiger partial charge in [0.2, 0.25) is 0 Å². The lowest BCUT2D eigenvalue weighted by molar-refractivity contribution is -0.355. The molecule has 0 aromatic heterocycles. The van der Waals surface area contributed by atoms with E-state index in [2.05, 4.69) is 13.8 Å². The zero-order valence-corrected chi connectivity index (χ0v) is 15.4. The quantitative estimate of drug-likeness (QED) is 0.228. The van der Waals surface area contributed by atoms with Crippen LogP contribution in [0.5, 0.6) is 0 Å². The third-order valence-corrected chi connectivity index (χ3v) is 4.48. The lowest BCUT2D eigenvalue weighted by atomic mass is 9.97. The molecule has 2 aliphatic rings. The van der Waals surface area contributed by atoms with Gasteiger partial charge in [0, 0.05) is 0 Å². The highest BCUT2D eigenvalue weighted by molar-refractivity contribution is 4.93. The molecule has 0 aromatic carbocycles. The van der Waals surface area contributed by atoms with Crippen LogP contribution in [0, 0.1) is 0 Å². The van der Waals surface area contributed by atoms with E-state index in [9.17, 15) is 35.7 Å².